The summed E-state index contributed by atoms with van der Waals surface area (Å²) < 4.78 is 2.83. The van der Waals surface area contributed by atoms with E-state index in [2.05, 4.69) is 20.4 Å². The van der Waals surface area contributed by atoms with E-state index >= 15 is 0 Å². The summed E-state index contributed by atoms with van der Waals surface area (Å²) in [6.45, 7) is 4.88. The second-order valence-corrected chi connectivity index (χ2v) is 6.92. The van der Waals surface area contributed by atoms with E-state index in [1.807, 2.05) is 49.1 Å². The maximum absolute atomic E-state index is 10.2. The normalized spacial score (nSPS) is 11.1. The molecule has 0 fully saturated rings. The summed E-state index contributed by atoms with van der Waals surface area (Å²) in [6, 6.07) is 7.33. The molecule has 1 aromatic carbocycles. The first kappa shape index (κ1) is 15.6. The minimum atomic E-state index is 0.252. The summed E-state index contributed by atoms with van der Waals surface area (Å²) in [5.41, 5.74) is 3.42. The molecule has 25 heavy (non-hydrogen) atoms. The van der Waals surface area contributed by atoms with Crippen LogP contribution in [0.5, 0.6) is 5.75 Å². The van der Waals surface area contributed by atoms with Crippen LogP contribution in [0.2, 0.25) is 0 Å². The molecule has 0 aliphatic heterocycles. The molecule has 0 saturated heterocycles. The van der Waals surface area contributed by atoms with Gasteiger partial charge in [-0.2, -0.15) is 5.10 Å². The van der Waals surface area contributed by atoms with E-state index in [-0.39, 0.29) is 5.75 Å². The molecule has 0 aliphatic rings. The lowest BCUT2D eigenvalue weighted by Gasteiger charge is -2.06. The molecule has 4 aromatic rings. The molecule has 6 nitrogen and oxygen atoms in total. The van der Waals surface area contributed by atoms with E-state index in [9.17, 15) is 5.11 Å². The molecular formula is C18H17N5OS. The Balaban J connectivity index is 1.79. The van der Waals surface area contributed by atoms with Crippen LogP contribution in [0.4, 0.5) is 11.6 Å². The highest BCUT2D eigenvalue weighted by Gasteiger charge is 2.16. The van der Waals surface area contributed by atoms with E-state index in [4.69, 9.17) is 0 Å². The van der Waals surface area contributed by atoms with Gasteiger partial charge in [-0.05, 0) is 19.9 Å². The number of benzene rings is 1. The van der Waals surface area contributed by atoms with E-state index in [1.165, 1.54) is 0 Å². The number of hydrogen-bond acceptors (Lipinski definition) is 6. The van der Waals surface area contributed by atoms with Gasteiger partial charge in [-0.15, -0.1) is 11.3 Å². The molecular weight excluding hydrogens is 334 g/mol. The molecule has 126 valence electrons. The quantitative estimate of drug-likeness (QED) is 0.572. The van der Waals surface area contributed by atoms with Crippen molar-refractivity contribution < 1.29 is 5.11 Å². The number of aryl methyl sites for hydroxylation is 2. The SMILES string of the molecule is CCn1cc(Nc2ncc3sc(C)c(-c4ccccc4O)c3n2)cn1. The summed E-state index contributed by atoms with van der Waals surface area (Å²) in [4.78, 5) is 10.2. The number of para-hydroxylation sites is 1. The van der Waals surface area contributed by atoms with Gasteiger partial charge in [0.25, 0.3) is 0 Å². The molecule has 3 heterocycles. The number of fused-ring (bicyclic) bond motifs is 1. The fourth-order valence-corrected chi connectivity index (χ4v) is 3.79. The number of rotatable bonds is 4. The van der Waals surface area contributed by atoms with Crippen molar-refractivity contribution in [3.05, 3.63) is 47.7 Å². The Bertz CT molecular complexity index is 1050. The third-order valence-electron chi connectivity index (χ3n) is 3.99. The number of hydrogen-bond donors (Lipinski definition) is 2. The van der Waals surface area contributed by atoms with E-state index < -0.39 is 0 Å². The van der Waals surface area contributed by atoms with Crippen LogP contribution >= 0.6 is 11.3 Å². The average Bonchev–Trinajstić information content (AvgIpc) is 3.19. The van der Waals surface area contributed by atoms with Crippen LogP contribution in [0, 0.1) is 6.92 Å². The third-order valence-corrected chi connectivity index (χ3v) is 5.02. The molecule has 4 rings (SSSR count). The Kier molecular flexibility index (Phi) is 3.85. The Labute approximate surface area is 148 Å². The predicted molar refractivity (Wildman–Crippen MR) is 100 cm³/mol. The molecule has 0 atom stereocenters. The van der Waals surface area contributed by atoms with Crippen molar-refractivity contribution in [3.63, 3.8) is 0 Å². The van der Waals surface area contributed by atoms with Crippen LogP contribution in [0.15, 0.2) is 42.9 Å². The average molecular weight is 351 g/mol. The van der Waals surface area contributed by atoms with Gasteiger partial charge in [-0.3, -0.25) is 4.68 Å². The molecule has 0 aliphatic carbocycles. The maximum Gasteiger partial charge on any atom is 0.227 e. The Morgan fingerprint density at radius 1 is 1.24 bits per heavy atom. The first-order valence-electron chi connectivity index (χ1n) is 7.99. The van der Waals surface area contributed by atoms with Gasteiger partial charge in [0.2, 0.25) is 5.95 Å². The molecule has 0 radical (unpaired) electrons. The standard InChI is InChI=1S/C18H17N5OS/c1-3-23-10-12(8-20-23)21-18-19-9-15-17(22-18)16(11(2)25-15)13-6-4-5-7-14(13)24/h4-10,24H,3H2,1-2H3,(H,19,21,22). The van der Waals surface area contributed by atoms with Crippen molar-refractivity contribution in [2.75, 3.05) is 5.32 Å². The number of phenols is 1. The highest BCUT2D eigenvalue weighted by atomic mass is 32.1. The van der Waals surface area contributed by atoms with Crippen molar-refractivity contribution in [2.24, 2.45) is 0 Å². The molecule has 3 aromatic heterocycles. The maximum atomic E-state index is 10.2. The molecule has 0 unspecified atom stereocenters. The first-order valence-corrected chi connectivity index (χ1v) is 8.81. The number of nitrogens with zero attached hydrogens (tertiary/aromatic N) is 4. The van der Waals surface area contributed by atoms with Crippen molar-refractivity contribution in [1.29, 1.82) is 0 Å². The van der Waals surface area contributed by atoms with E-state index in [1.54, 1.807) is 23.6 Å². The van der Waals surface area contributed by atoms with Crippen LogP contribution in [0.25, 0.3) is 21.3 Å². The van der Waals surface area contributed by atoms with Gasteiger partial charge in [0.15, 0.2) is 0 Å². The lowest BCUT2D eigenvalue weighted by Crippen LogP contribution is -1.96. The monoisotopic (exact) mass is 351 g/mol. The molecule has 0 spiro atoms. The zero-order valence-corrected chi connectivity index (χ0v) is 14.7. The van der Waals surface area contributed by atoms with Gasteiger partial charge >= 0.3 is 0 Å². The van der Waals surface area contributed by atoms with Crippen LogP contribution in [-0.2, 0) is 6.54 Å². The molecule has 0 bridgehead atoms. The van der Waals surface area contributed by atoms with Crippen molar-refractivity contribution >= 4 is 33.2 Å². The largest absolute Gasteiger partial charge is 0.507 e. The van der Waals surface area contributed by atoms with Crippen molar-refractivity contribution in [1.82, 2.24) is 19.7 Å². The molecule has 7 heteroatoms. The van der Waals surface area contributed by atoms with Crippen LogP contribution < -0.4 is 5.32 Å². The lowest BCUT2D eigenvalue weighted by atomic mass is 10.0. The number of thiophene rings is 1. The number of aromatic hydroxyl groups is 1. The number of phenolic OH excluding ortho intramolecular Hbond substituents is 1. The van der Waals surface area contributed by atoms with Gasteiger partial charge in [0, 0.05) is 28.7 Å². The molecule has 0 saturated carbocycles. The van der Waals surface area contributed by atoms with E-state index in [0.717, 1.165) is 38.5 Å². The fraction of sp³-hybridized carbons (Fsp3) is 0.167. The Morgan fingerprint density at radius 3 is 2.84 bits per heavy atom. The minimum Gasteiger partial charge on any atom is -0.507 e. The van der Waals surface area contributed by atoms with Gasteiger partial charge in [0.1, 0.15) is 5.75 Å². The fourth-order valence-electron chi connectivity index (χ4n) is 2.80. The summed E-state index contributed by atoms with van der Waals surface area (Å²) in [7, 11) is 0. The van der Waals surface area contributed by atoms with Crippen molar-refractivity contribution in [2.45, 2.75) is 20.4 Å². The topological polar surface area (TPSA) is 75.9 Å². The lowest BCUT2D eigenvalue weighted by molar-refractivity contribution is 0.477. The van der Waals surface area contributed by atoms with Crippen LogP contribution in [0.1, 0.15) is 11.8 Å². The van der Waals surface area contributed by atoms with Crippen molar-refractivity contribution in [3.8, 4) is 16.9 Å². The second-order valence-electron chi connectivity index (χ2n) is 5.67. The zero-order valence-electron chi connectivity index (χ0n) is 13.9. The number of anilines is 2. The summed E-state index contributed by atoms with van der Waals surface area (Å²) >= 11 is 1.62. The van der Waals surface area contributed by atoms with Gasteiger partial charge in [0.05, 0.1) is 28.3 Å². The minimum absolute atomic E-state index is 0.252. The van der Waals surface area contributed by atoms with E-state index in [0.29, 0.717) is 5.95 Å². The smallest absolute Gasteiger partial charge is 0.227 e. The first-order chi connectivity index (χ1) is 12.2. The van der Waals surface area contributed by atoms with Gasteiger partial charge in [-0.25, -0.2) is 9.97 Å². The third kappa shape index (κ3) is 2.83. The van der Waals surface area contributed by atoms with Crippen LogP contribution in [-0.4, -0.2) is 24.9 Å². The highest BCUT2D eigenvalue weighted by Crippen LogP contribution is 2.40. The predicted octanol–water partition coefficient (Wildman–Crippen LogP) is 4.33. The Morgan fingerprint density at radius 2 is 2.08 bits per heavy atom. The van der Waals surface area contributed by atoms with Gasteiger partial charge < -0.3 is 10.4 Å². The number of aromatic nitrogens is 4. The molecule has 0 amide bonds. The molecule has 2 N–H and O–H groups in total. The Hall–Kier alpha value is -2.93. The zero-order chi connectivity index (χ0) is 17.4. The number of nitrogens with one attached hydrogen (secondary N) is 1. The van der Waals surface area contributed by atoms with Gasteiger partial charge in [-0.1, -0.05) is 18.2 Å². The van der Waals surface area contributed by atoms with Crippen LogP contribution in [0.3, 0.4) is 0 Å². The summed E-state index contributed by atoms with van der Waals surface area (Å²) in [6.07, 6.45) is 5.48. The second kappa shape index (κ2) is 6.18. The highest BCUT2D eigenvalue weighted by molar-refractivity contribution is 7.19. The summed E-state index contributed by atoms with van der Waals surface area (Å²) in [5, 5.41) is 17.7. The summed E-state index contributed by atoms with van der Waals surface area (Å²) in [5.74, 6) is 0.764.